The van der Waals surface area contributed by atoms with Crippen molar-refractivity contribution in [3.8, 4) is 0 Å². The highest BCUT2D eigenvalue weighted by Gasteiger charge is 2.21. The van der Waals surface area contributed by atoms with Crippen molar-refractivity contribution in [3.63, 3.8) is 0 Å². The summed E-state index contributed by atoms with van der Waals surface area (Å²) in [6.07, 6.45) is 0. The molecule has 2 aromatic heterocycles. The number of aromatic nitrogens is 5. The predicted octanol–water partition coefficient (Wildman–Crippen LogP) is 2.75. The van der Waals surface area contributed by atoms with Gasteiger partial charge in [-0.2, -0.15) is 5.10 Å². The fourth-order valence-electron chi connectivity index (χ4n) is 2.56. The molecule has 28 heavy (non-hydrogen) atoms. The van der Waals surface area contributed by atoms with E-state index in [-0.39, 0.29) is 5.91 Å². The molecule has 0 radical (unpaired) electrons. The Morgan fingerprint density at radius 2 is 1.89 bits per heavy atom. The van der Waals surface area contributed by atoms with Gasteiger partial charge < -0.3 is 11.2 Å². The molecule has 1 aromatic carbocycles. The van der Waals surface area contributed by atoms with Crippen LogP contribution in [-0.4, -0.2) is 35.8 Å². The number of anilines is 1. The Hall–Kier alpha value is -2.46. The lowest BCUT2D eigenvalue weighted by Gasteiger charge is -2.11. The van der Waals surface area contributed by atoms with Gasteiger partial charge in [0.15, 0.2) is 0 Å². The molecule has 3 aromatic rings. The van der Waals surface area contributed by atoms with Gasteiger partial charge in [0.05, 0.1) is 22.3 Å². The topological polar surface area (TPSA) is 104 Å². The molecule has 0 aliphatic rings. The third kappa shape index (κ3) is 4.50. The van der Waals surface area contributed by atoms with Crippen LogP contribution >= 0.6 is 23.5 Å². The van der Waals surface area contributed by atoms with Crippen LogP contribution in [0.1, 0.15) is 23.9 Å². The van der Waals surface area contributed by atoms with Gasteiger partial charge in [0.2, 0.25) is 16.2 Å². The molecule has 2 heterocycles. The van der Waals surface area contributed by atoms with Gasteiger partial charge in [0, 0.05) is 12.8 Å². The number of rotatable bonds is 7. The van der Waals surface area contributed by atoms with Crippen LogP contribution < -0.4 is 11.2 Å². The van der Waals surface area contributed by atoms with E-state index in [0.717, 1.165) is 22.8 Å². The summed E-state index contributed by atoms with van der Waals surface area (Å²) in [6.45, 7) is 5.60. The van der Waals surface area contributed by atoms with Crippen molar-refractivity contribution in [2.24, 2.45) is 7.05 Å². The van der Waals surface area contributed by atoms with Crippen molar-refractivity contribution in [1.82, 2.24) is 24.7 Å². The monoisotopic (exact) mass is 417 g/mol. The number of hydrogen-bond acceptors (Lipinski definition) is 7. The van der Waals surface area contributed by atoms with Crippen LogP contribution in [-0.2, 0) is 17.6 Å². The van der Waals surface area contributed by atoms with Crippen molar-refractivity contribution in [3.05, 3.63) is 47.3 Å². The zero-order chi connectivity index (χ0) is 20.3. The second-order valence-electron chi connectivity index (χ2n) is 6.33. The van der Waals surface area contributed by atoms with Crippen LogP contribution in [0.25, 0.3) is 0 Å². The molecule has 0 bridgehead atoms. The smallest absolute Gasteiger partial charge is 0.237 e. The Morgan fingerprint density at radius 1 is 1.21 bits per heavy atom. The number of carbonyl (C=O) groups is 1. The average molecular weight is 418 g/mol. The normalized spacial score (nSPS) is 12.1. The predicted molar refractivity (Wildman–Crippen MR) is 113 cm³/mol. The molecule has 1 atom stereocenters. The maximum atomic E-state index is 12.6. The first-order chi connectivity index (χ1) is 13.4. The number of hydrogen-bond donors (Lipinski definition) is 2. The van der Waals surface area contributed by atoms with E-state index in [0.29, 0.717) is 10.3 Å². The lowest BCUT2D eigenvalue weighted by Crippen LogP contribution is -2.24. The third-order valence-corrected chi connectivity index (χ3v) is 6.32. The van der Waals surface area contributed by atoms with E-state index >= 15 is 0 Å². The number of nitrogen functional groups attached to an aromatic ring is 1. The van der Waals surface area contributed by atoms with E-state index < -0.39 is 5.25 Å². The van der Waals surface area contributed by atoms with Crippen molar-refractivity contribution >= 4 is 35.1 Å². The van der Waals surface area contributed by atoms with E-state index in [2.05, 4.69) is 32.7 Å². The average Bonchev–Trinajstić information content (AvgIpc) is 3.14. The van der Waals surface area contributed by atoms with Crippen molar-refractivity contribution in [2.45, 2.75) is 42.1 Å². The number of aryl methyl sites for hydroxylation is 2. The lowest BCUT2D eigenvalue weighted by atomic mass is 10.2. The summed E-state index contributed by atoms with van der Waals surface area (Å²) >= 11 is 2.78. The maximum Gasteiger partial charge on any atom is 0.237 e. The largest absolute Gasteiger partial charge is 0.335 e. The molecule has 3 rings (SSSR count). The summed E-state index contributed by atoms with van der Waals surface area (Å²) in [5, 5.41) is 16.3. The van der Waals surface area contributed by atoms with Gasteiger partial charge in [-0.1, -0.05) is 53.9 Å². The second kappa shape index (κ2) is 8.70. The third-order valence-electron chi connectivity index (χ3n) is 4.25. The molecule has 0 saturated heterocycles. The van der Waals surface area contributed by atoms with Crippen molar-refractivity contribution in [2.75, 3.05) is 11.2 Å². The van der Waals surface area contributed by atoms with Crippen LogP contribution in [0.5, 0.6) is 0 Å². The molecular weight excluding hydrogens is 394 g/mol. The molecule has 148 valence electrons. The van der Waals surface area contributed by atoms with Crippen LogP contribution in [0.15, 0.2) is 40.6 Å². The minimum atomic E-state index is -0.391. The van der Waals surface area contributed by atoms with Gasteiger partial charge in [0.25, 0.3) is 0 Å². The second-order valence-corrected chi connectivity index (χ2v) is 8.58. The molecule has 3 N–H and O–H groups in total. The van der Waals surface area contributed by atoms with E-state index in [1.165, 1.54) is 33.8 Å². The van der Waals surface area contributed by atoms with Gasteiger partial charge in [0.1, 0.15) is 0 Å². The molecule has 0 aliphatic carbocycles. The fourth-order valence-corrected chi connectivity index (χ4v) is 4.20. The standard InChI is InChI=1S/C18H23N7OS2/c1-11-15(12(2)24(4)23-11)20-16(26)13(3)28-18-22-21-17(25(18)19)27-10-14-8-6-5-7-9-14/h5-9,13H,10,19H2,1-4H3,(H,20,26)/t13-/m1/s1. The first-order valence-electron chi connectivity index (χ1n) is 8.71. The minimum Gasteiger partial charge on any atom is -0.335 e. The zero-order valence-corrected chi connectivity index (χ0v) is 17.8. The Morgan fingerprint density at radius 3 is 2.54 bits per heavy atom. The molecule has 0 saturated carbocycles. The van der Waals surface area contributed by atoms with Gasteiger partial charge in [-0.3, -0.25) is 9.48 Å². The van der Waals surface area contributed by atoms with Gasteiger partial charge in [-0.05, 0) is 26.3 Å². The summed E-state index contributed by atoms with van der Waals surface area (Å²) in [6, 6.07) is 10.1. The summed E-state index contributed by atoms with van der Waals surface area (Å²) in [4.78, 5) is 12.6. The number of nitrogens with two attached hydrogens (primary N) is 1. The SMILES string of the molecule is Cc1nn(C)c(C)c1NC(=O)[C@@H](C)Sc1nnc(SCc2ccccc2)n1N. The Balaban J connectivity index is 1.61. The highest BCUT2D eigenvalue weighted by Crippen LogP contribution is 2.27. The van der Waals surface area contributed by atoms with E-state index in [9.17, 15) is 4.79 Å². The molecule has 10 heteroatoms. The molecule has 0 fully saturated rings. The van der Waals surface area contributed by atoms with E-state index in [1.807, 2.05) is 46.0 Å². The zero-order valence-electron chi connectivity index (χ0n) is 16.2. The Labute approximate surface area is 172 Å². The number of amides is 1. The van der Waals surface area contributed by atoms with Gasteiger partial charge >= 0.3 is 0 Å². The quantitative estimate of drug-likeness (QED) is 0.450. The van der Waals surface area contributed by atoms with Crippen LogP contribution in [0.4, 0.5) is 5.69 Å². The molecule has 0 unspecified atom stereocenters. The number of thioether (sulfide) groups is 2. The molecule has 0 aliphatic heterocycles. The van der Waals surface area contributed by atoms with Crippen LogP contribution in [0.3, 0.4) is 0 Å². The summed E-state index contributed by atoms with van der Waals surface area (Å²) < 4.78 is 3.18. The molecule has 8 nitrogen and oxygen atoms in total. The molecular formula is C18H23N7OS2. The van der Waals surface area contributed by atoms with Crippen LogP contribution in [0, 0.1) is 13.8 Å². The first-order valence-corrected chi connectivity index (χ1v) is 10.6. The maximum absolute atomic E-state index is 12.6. The highest BCUT2D eigenvalue weighted by atomic mass is 32.2. The number of carbonyl (C=O) groups excluding carboxylic acids is 1. The van der Waals surface area contributed by atoms with Gasteiger partial charge in [-0.25, -0.2) is 4.68 Å². The van der Waals surface area contributed by atoms with E-state index in [4.69, 9.17) is 5.84 Å². The number of nitrogens with zero attached hydrogens (tertiary/aromatic N) is 5. The summed E-state index contributed by atoms with van der Waals surface area (Å²) in [7, 11) is 1.85. The van der Waals surface area contributed by atoms with E-state index in [1.54, 1.807) is 4.68 Å². The Kier molecular flexibility index (Phi) is 6.30. The van der Waals surface area contributed by atoms with Crippen molar-refractivity contribution in [1.29, 1.82) is 0 Å². The fraction of sp³-hybridized carbons (Fsp3) is 0.333. The lowest BCUT2D eigenvalue weighted by molar-refractivity contribution is -0.115. The number of nitrogens with one attached hydrogen (secondary N) is 1. The first kappa shape index (κ1) is 20.3. The molecule has 0 spiro atoms. The van der Waals surface area contributed by atoms with Gasteiger partial charge in [-0.15, -0.1) is 10.2 Å². The minimum absolute atomic E-state index is 0.134. The van der Waals surface area contributed by atoms with Crippen LogP contribution in [0.2, 0.25) is 0 Å². The Bertz CT molecular complexity index is 968. The molecule has 1 amide bonds. The summed E-state index contributed by atoms with van der Waals surface area (Å²) in [5.41, 5.74) is 3.62. The summed E-state index contributed by atoms with van der Waals surface area (Å²) in [5.74, 6) is 6.74. The highest BCUT2D eigenvalue weighted by molar-refractivity contribution is 8.00. The number of benzene rings is 1. The van der Waals surface area contributed by atoms with Crippen molar-refractivity contribution < 1.29 is 4.79 Å².